The molecule has 6 nitrogen and oxygen atoms in total. The summed E-state index contributed by atoms with van der Waals surface area (Å²) >= 11 is 0. The first-order chi connectivity index (χ1) is 13.9. The Hall–Kier alpha value is -0.240. The number of ether oxygens (including phenoxy) is 5. The van der Waals surface area contributed by atoms with Crippen molar-refractivity contribution in [3.63, 3.8) is 0 Å². The average Bonchev–Trinajstić information content (AvgIpc) is 2.66. The van der Waals surface area contributed by atoms with Gasteiger partial charge in [0.1, 0.15) is 6.10 Å². The largest absolute Gasteiger partial charge is 0.373 e. The standard InChI is InChI=1S/C23H48O6/c1-8-25-21(19-17-15-13-14-16-18-20(6)7)22(26-9-2,27-10-3)23(24,28-11-4)29-12-5/h20-21,24H,8-19H2,1-7H3. The van der Waals surface area contributed by atoms with Crippen molar-refractivity contribution in [3.05, 3.63) is 0 Å². The molecule has 176 valence electrons. The molecule has 0 aromatic heterocycles. The molecule has 0 amide bonds. The highest BCUT2D eigenvalue weighted by Gasteiger charge is 2.61. The quantitative estimate of drug-likeness (QED) is 0.214. The van der Waals surface area contributed by atoms with E-state index in [0.29, 0.717) is 26.2 Å². The molecule has 0 aliphatic carbocycles. The van der Waals surface area contributed by atoms with E-state index in [9.17, 15) is 5.11 Å². The molecule has 0 bridgehead atoms. The first kappa shape index (κ1) is 28.8. The van der Waals surface area contributed by atoms with Gasteiger partial charge in [0.05, 0.1) is 0 Å². The summed E-state index contributed by atoms with van der Waals surface area (Å²) in [7, 11) is 0. The lowest BCUT2D eigenvalue weighted by Crippen LogP contribution is -2.67. The predicted molar refractivity (Wildman–Crippen MR) is 117 cm³/mol. The fraction of sp³-hybridized carbons (Fsp3) is 1.00. The molecular weight excluding hydrogens is 372 g/mol. The van der Waals surface area contributed by atoms with Crippen molar-refractivity contribution in [2.24, 2.45) is 5.92 Å². The Morgan fingerprint density at radius 2 is 1.07 bits per heavy atom. The second-order valence-corrected chi connectivity index (χ2v) is 7.66. The number of rotatable bonds is 20. The summed E-state index contributed by atoms with van der Waals surface area (Å²) in [5.74, 6) is -2.82. The van der Waals surface area contributed by atoms with Gasteiger partial charge in [-0.2, -0.15) is 0 Å². The Morgan fingerprint density at radius 1 is 0.621 bits per heavy atom. The van der Waals surface area contributed by atoms with Crippen LogP contribution in [0.4, 0.5) is 0 Å². The van der Waals surface area contributed by atoms with Crippen molar-refractivity contribution < 1.29 is 28.8 Å². The highest BCUT2D eigenvalue weighted by atomic mass is 16.9. The van der Waals surface area contributed by atoms with E-state index in [1.54, 1.807) is 13.8 Å². The molecule has 0 saturated carbocycles. The molecule has 1 atom stereocenters. The molecule has 1 unspecified atom stereocenters. The summed E-state index contributed by atoms with van der Waals surface area (Å²) in [6.07, 6.45) is 7.27. The topological polar surface area (TPSA) is 66.4 Å². The van der Waals surface area contributed by atoms with Gasteiger partial charge in [0.15, 0.2) is 0 Å². The molecule has 0 radical (unpaired) electrons. The minimum atomic E-state index is -2.04. The van der Waals surface area contributed by atoms with Crippen molar-refractivity contribution in [2.75, 3.05) is 33.0 Å². The Morgan fingerprint density at radius 3 is 1.48 bits per heavy atom. The average molecular weight is 421 g/mol. The lowest BCUT2D eigenvalue weighted by molar-refractivity contribution is -0.502. The van der Waals surface area contributed by atoms with Gasteiger partial charge < -0.3 is 28.8 Å². The normalized spacial score (nSPS) is 14.0. The van der Waals surface area contributed by atoms with Crippen molar-refractivity contribution >= 4 is 0 Å². The monoisotopic (exact) mass is 420 g/mol. The number of hydrogen-bond donors (Lipinski definition) is 1. The molecule has 0 rings (SSSR count). The van der Waals surface area contributed by atoms with Crippen LogP contribution in [0.3, 0.4) is 0 Å². The van der Waals surface area contributed by atoms with Crippen LogP contribution in [0.25, 0.3) is 0 Å². The van der Waals surface area contributed by atoms with Crippen LogP contribution >= 0.6 is 0 Å². The zero-order valence-corrected chi connectivity index (χ0v) is 20.1. The van der Waals surface area contributed by atoms with Crippen LogP contribution in [0.15, 0.2) is 0 Å². The zero-order chi connectivity index (χ0) is 22.2. The van der Waals surface area contributed by atoms with Crippen LogP contribution in [-0.4, -0.2) is 56.0 Å². The van der Waals surface area contributed by atoms with Crippen LogP contribution in [-0.2, 0) is 23.7 Å². The summed E-state index contributed by atoms with van der Waals surface area (Å²) in [6, 6.07) is 0. The van der Waals surface area contributed by atoms with E-state index in [2.05, 4.69) is 13.8 Å². The maximum absolute atomic E-state index is 11.3. The highest BCUT2D eigenvalue weighted by Crippen LogP contribution is 2.38. The molecule has 0 aromatic rings. The molecule has 1 N–H and O–H groups in total. The summed E-state index contributed by atoms with van der Waals surface area (Å²) in [5, 5.41) is 11.3. The van der Waals surface area contributed by atoms with Crippen molar-refractivity contribution in [1.82, 2.24) is 0 Å². The van der Waals surface area contributed by atoms with Gasteiger partial charge in [0.25, 0.3) is 5.79 Å². The van der Waals surface area contributed by atoms with E-state index in [-0.39, 0.29) is 13.2 Å². The van der Waals surface area contributed by atoms with Crippen molar-refractivity contribution in [2.45, 2.75) is 111 Å². The minimum Gasteiger partial charge on any atom is -0.373 e. The molecule has 0 fully saturated rings. The smallest absolute Gasteiger partial charge is 0.340 e. The number of unbranched alkanes of at least 4 members (excludes halogenated alkanes) is 4. The molecule has 0 aromatic carbocycles. The second-order valence-electron chi connectivity index (χ2n) is 7.66. The van der Waals surface area contributed by atoms with E-state index in [1.807, 2.05) is 20.8 Å². The van der Waals surface area contributed by atoms with Gasteiger partial charge in [-0.15, -0.1) is 0 Å². The van der Waals surface area contributed by atoms with E-state index in [0.717, 1.165) is 18.8 Å². The molecule has 6 heteroatoms. The zero-order valence-electron chi connectivity index (χ0n) is 20.1. The summed E-state index contributed by atoms with van der Waals surface area (Å²) < 4.78 is 29.4. The third-order valence-electron chi connectivity index (χ3n) is 4.88. The lowest BCUT2D eigenvalue weighted by atomic mass is 9.98. The Labute approximate surface area is 179 Å². The maximum Gasteiger partial charge on any atom is 0.340 e. The van der Waals surface area contributed by atoms with Gasteiger partial charge in [0, 0.05) is 33.0 Å². The van der Waals surface area contributed by atoms with Crippen LogP contribution in [0.1, 0.15) is 93.4 Å². The fourth-order valence-corrected chi connectivity index (χ4v) is 3.67. The van der Waals surface area contributed by atoms with Crippen LogP contribution in [0.5, 0.6) is 0 Å². The first-order valence-corrected chi connectivity index (χ1v) is 11.8. The number of hydrogen-bond acceptors (Lipinski definition) is 6. The Kier molecular flexibility index (Phi) is 16.3. The summed E-state index contributed by atoms with van der Waals surface area (Å²) in [4.78, 5) is 0. The van der Waals surface area contributed by atoms with Crippen molar-refractivity contribution in [1.29, 1.82) is 0 Å². The SMILES string of the molecule is CCOC(CCCCCCCC(C)C)C(OCC)(OCC)C(O)(OCC)OCC. The van der Waals surface area contributed by atoms with Gasteiger partial charge in [-0.25, -0.2) is 0 Å². The third-order valence-corrected chi connectivity index (χ3v) is 4.88. The van der Waals surface area contributed by atoms with Gasteiger partial charge in [0.2, 0.25) is 0 Å². The van der Waals surface area contributed by atoms with Gasteiger partial charge in [-0.05, 0) is 47.0 Å². The molecule has 0 aliphatic heterocycles. The van der Waals surface area contributed by atoms with Crippen LogP contribution in [0.2, 0.25) is 0 Å². The van der Waals surface area contributed by atoms with E-state index < -0.39 is 17.9 Å². The highest BCUT2D eigenvalue weighted by molar-refractivity contribution is 4.90. The molecule has 29 heavy (non-hydrogen) atoms. The molecular formula is C23H48O6. The number of aliphatic hydroxyl groups is 1. The molecule has 0 spiro atoms. The summed E-state index contributed by atoms with van der Waals surface area (Å²) in [5.41, 5.74) is 0. The second kappa shape index (κ2) is 16.5. The third kappa shape index (κ3) is 9.62. The van der Waals surface area contributed by atoms with Gasteiger partial charge in [-0.1, -0.05) is 52.4 Å². The van der Waals surface area contributed by atoms with E-state index in [1.165, 1.54) is 25.7 Å². The van der Waals surface area contributed by atoms with Gasteiger partial charge in [-0.3, -0.25) is 0 Å². The molecule has 0 heterocycles. The Bertz CT molecular complexity index is 362. The lowest BCUT2D eigenvalue weighted by Gasteiger charge is -2.47. The molecule has 0 aliphatic rings. The Balaban J connectivity index is 5.30. The fourth-order valence-electron chi connectivity index (χ4n) is 3.67. The van der Waals surface area contributed by atoms with E-state index in [4.69, 9.17) is 23.7 Å². The van der Waals surface area contributed by atoms with Crippen molar-refractivity contribution in [3.8, 4) is 0 Å². The van der Waals surface area contributed by atoms with Crippen LogP contribution in [0, 0.1) is 5.92 Å². The maximum atomic E-state index is 11.3. The van der Waals surface area contributed by atoms with Gasteiger partial charge >= 0.3 is 5.97 Å². The van der Waals surface area contributed by atoms with E-state index >= 15 is 0 Å². The molecule has 0 saturated heterocycles. The van der Waals surface area contributed by atoms with Crippen LogP contribution < -0.4 is 0 Å². The predicted octanol–water partition coefficient (Wildman–Crippen LogP) is 5.27. The first-order valence-electron chi connectivity index (χ1n) is 11.8. The summed E-state index contributed by atoms with van der Waals surface area (Å²) in [6.45, 7) is 15.5. The minimum absolute atomic E-state index is 0.257.